The molecule has 0 bridgehead atoms. The predicted molar refractivity (Wildman–Crippen MR) is 127 cm³/mol. The van der Waals surface area contributed by atoms with Crippen LogP contribution in [-0.4, -0.2) is 47.4 Å². The molecule has 9 heteroatoms. The number of carbonyl (C=O) groups is 1. The lowest BCUT2D eigenvalue weighted by molar-refractivity contribution is -0.119. The topological polar surface area (TPSA) is 94.2 Å². The van der Waals surface area contributed by atoms with Crippen molar-refractivity contribution >= 4 is 21.6 Å². The van der Waals surface area contributed by atoms with E-state index < -0.39 is 15.9 Å². The minimum Gasteiger partial charge on any atom is -0.497 e. The summed E-state index contributed by atoms with van der Waals surface area (Å²) < 4.78 is 42.1. The first-order valence-corrected chi connectivity index (χ1v) is 12.0. The molecule has 1 amide bonds. The first kappa shape index (κ1) is 23.9. The number of amides is 1. The van der Waals surface area contributed by atoms with Crippen LogP contribution < -0.4 is 23.8 Å². The molecule has 0 aliphatic rings. The smallest absolute Gasteiger partial charge is 0.240 e. The number of para-hydroxylation sites is 1. The molecule has 0 aliphatic carbocycles. The number of hydrogen-bond acceptors (Lipinski definition) is 6. The van der Waals surface area contributed by atoms with Gasteiger partial charge in [-0.3, -0.25) is 9.10 Å². The van der Waals surface area contributed by atoms with Crippen molar-refractivity contribution in [3.63, 3.8) is 0 Å². The number of anilines is 1. The molecule has 3 aromatic rings. The van der Waals surface area contributed by atoms with Gasteiger partial charge in [0.05, 0.1) is 25.6 Å². The largest absolute Gasteiger partial charge is 0.497 e. The minimum absolute atomic E-state index is 0.220. The van der Waals surface area contributed by atoms with Crippen LogP contribution in [0.2, 0.25) is 0 Å². The molecular formula is C24H26N2O6S. The maximum absolute atomic E-state index is 12.4. The summed E-state index contributed by atoms with van der Waals surface area (Å²) in [7, 11) is -2.11. The summed E-state index contributed by atoms with van der Waals surface area (Å²) in [5.74, 6) is 2.05. The Balaban J connectivity index is 1.55. The SMILES string of the molecule is COc1cccc(OCCNC(=O)CN(c2ccc(Oc3ccccc3)cc2)S(C)(=O)=O)c1. The van der Waals surface area contributed by atoms with Crippen LogP contribution in [-0.2, 0) is 14.8 Å². The quantitative estimate of drug-likeness (QED) is 0.432. The zero-order valence-electron chi connectivity index (χ0n) is 18.4. The summed E-state index contributed by atoms with van der Waals surface area (Å²) in [4.78, 5) is 12.4. The Bertz CT molecular complexity index is 1150. The van der Waals surface area contributed by atoms with Gasteiger partial charge in [-0.15, -0.1) is 0 Å². The van der Waals surface area contributed by atoms with Crippen molar-refractivity contribution in [3.8, 4) is 23.0 Å². The number of benzene rings is 3. The van der Waals surface area contributed by atoms with E-state index in [1.54, 1.807) is 55.6 Å². The van der Waals surface area contributed by atoms with Crippen LogP contribution in [0.25, 0.3) is 0 Å². The van der Waals surface area contributed by atoms with Gasteiger partial charge in [-0.2, -0.15) is 0 Å². The molecule has 174 valence electrons. The van der Waals surface area contributed by atoms with E-state index in [1.807, 2.05) is 30.3 Å². The Morgan fingerprint density at radius 1 is 0.879 bits per heavy atom. The lowest BCUT2D eigenvalue weighted by Gasteiger charge is -2.22. The zero-order chi connectivity index (χ0) is 23.7. The second-order valence-electron chi connectivity index (χ2n) is 7.06. The molecule has 0 aliphatic heterocycles. The van der Waals surface area contributed by atoms with Gasteiger partial charge >= 0.3 is 0 Å². The van der Waals surface area contributed by atoms with Crippen LogP contribution in [0.3, 0.4) is 0 Å². The Kier molecular flexibility index (Phi) is 8.15. The van der Waals surface area contributed by atoms with Crippen molar-refractivity contribution in [2.75, 3.05) is 37.4 Å². The number of ether oxygens (including phenoxy) is 3. The van der Waals surface area contributed by atoms with E-state index in [-0.39, 0.29) is 19.7 Å². The molecule has 0 atom stereocenters. The Morgan fingerprint density at radius 2 is 1.52 bits per heavy atom. The van der Waals surface area contributed by atoms with E-state index in [0.717, 1.165) is 10.6 Å². The number of rotatable bonds is 11. The second-order valence-corrected chi connectivity index (χ2v) is 8.96. The van der Waals surface area contributed by atoms with Crippen LogP contribution in [0.4, 0.5) is 5.69 Å². The zero-order valence-corrected chi connectivity index (χ0v) is 19.2. The van der Waals surface area contributed by atoms with E-state index >= 15 is 0 Å². The molecule has 0 aromatic heterocycles. The molecule has 0 unspecified atom stereocenters. The van der Waals surface area contributed by atoms with Gasteiger partial charge in [0.25, 0.3) is 0 Å². The van der Waals surface area contributed by atoms with E-state index in [4.69, 9.17) is 14.2 Å². The van der Waals surface area contributed by atoms with Crippen LogP contribution in [0.5, 0.6) is 23.0 Å². The predicted octanol–water partition coefficient (Wildman–Crippen LogP) is 3.45. The summed E-state index contributed by atoms with van der Waals surface area (Å²) in [5, 5.41) is 2.67. The lowest BCUT2D eigenvalue weighted by atomic mass is 10.3. The Morgan fingerprint density at radius 3 is 2.18 bits per heavy atom. The molecule has 33 heavy (non-hydrogen) atoms. The van der Waals surface area contributed by atoms with E-state index in [2.05, 4.69) is 5.32 Å². The molecule has 0 fully saturated rings. The van der Waals surface area contributed by atoms with Gasteiger partial charge in [0.2, 0.25) is 15.9 Å². The van der Waals surface area contributed by atoms with E-state index in [9.17, 15) is 13.2 Å². The highest BCUT2D eigenvalue weighted by molar-refractivity contribution is 7.92. The Labute approximate surface area is 193 Å². The van der Waals surface area contributed by atoms with Gasteiger partial charge in [0.15, 0.2) is 0 Å². The highest BCUT2D eigenvalue weighted by atomic mass is 32.2. The van der Waals surface area contributed by atoms with Crippen LogP contribution in [0.1, 0.15) is 0 Å². The average Bonchev–Trinajstić information content (AvgIpc) is 2.81. The maximum atomic E-state index is 12.4. The van der Waals surface area contributed by atoms with Crippen molar-refractivity contribution in [1.29, 1.82) is 0 Å². The third kappa shape index (κ3) is 7.43. The van der Waals surface area contributed by atoms with Crippen molar-refractivity contribution in [1.82, 2.24) is 5.32 Å². The standard InChI is InChI=1S/C24H26N2O6S/c1-30-22-9-6-10-23(17-22)31-16-15-25-24(27)18-26(33(2,28)29)19-11-13-21(14-12-19)32-20-7-4-3-5-8-20/h3-14,17H,15-16,18H2,1-2H3,(H,25,27). The highest BCUT2D eigenvalue weighted by Gasteiger charge is 2.20. The number of carbonyl (C=O) groups excluding carboxylic acids is 1. The number of sulfonamides is 1. The summed E-state index contributed by atoms with van der Waals surface area (Å²) in [6.45, 7) is 0.0949. The van der Waals surface area contributed by atoms with Crippen LogP contribution in [0, 0.1) is 0 Å². The van der Waals surface area contributed by atoms with Gasteiger partial charge < -0.3 is 19.5 Å². The number of hydrogen-bond donors (Lipinski definition) is 1. The molecule has 0 spiro atoms. The fourth-order valence-electron chi connectivity index (χ4n) is 2.94. The maximum Gasteiger partial charge on any atom is 0.240 e. The van der Waals surface area contributed by atoms with Crippen molar-refractivity contribution in [2.45, 2.75) is 0 Å². The second kappa shape index (κ2) is 11.2. The molecular weight excluding hydrogens is 444 g/mol. The average molecular weight is 471 g/mol. The van der Waals surface area contributed by atoms with Gasteiger partial charge in [0, 0.05) is 6.07 Å². The molecule has 3 rings (SSSR count). The fraction of sp³-hybridized carbons (Fsp3) is 0.208. The fourth-order valence-corrected chi connectivity index (χ4v) is 3.80. The van der Waals surface area contributed by atoms with Crippen molar-refractivity contribution in [2.24, 2.45) is 0 Å². The third-order valence-electron chi connectivity index (χ3n) is 4.53. The molecule has 8 nitrogen and oxygen atoms in total. The third-order valence-corrected chi connectivity index (χ3v) is 5.67. The molecule has 0 saturated carbocycles. The number of nitrogens with zero attached hydrogens (tertiary/aromatic N) is 1. The first-order chi connectivity index (χ1) is 15.8. The first-order valence-electron chi connectivity index (χ1n) is 10.2. The van der Waals surface area contributed by atoms with Gasteiger partial charge in [-0.1, -0.05) is 24.3 Å². The summed E-state index contributed by atoms with van der Waals surface area (Å²) in [5.41, 5.74) is 0.362. The molecule has 1 N–H and O–H groups in total. The summed E-state index contributed by atoms with van der Waals surface area (Å²) >= 11 is 0. The summed E-state index contributed by atoms with van der Waals surface area (Å²) in [6, 6.07) is 22.8. The van der Waals surface area contributed by atoms with Gasteiger partial charge in [-0.05, 0) is 48.5 Å². The van der Waals surface area contributed by atoms with E-state index in [1.165, 1.54) is 0 Å². The Hall–Kier alpha value is -3.72. The normalized spacial score (nSPS) is 10.8. The van der Waals surface area contributed by atoms with Crippen molar-refractivity contribution < 1.29 is 27.4 Å². The van der Waals surface area contributed by atoms with Crippen LogP contribution >= 0.6 is 0 Å². The lowest BCUT2D eigenvalue weighted by Crippen LogP contribution is -2.41. The molecule has 0 radical (unpaired) electrons. The highest BCUT2D eigenvalue weighted by Crippen LogP contribution is 2.25. The minimum atomic E-state index is -3.68. The number of nitrogens with one attached hydrogen (secondary N) is 1. The summed E-state index contributed by atoms with van der Waals surface area (Å²) in [6.07, 6.45) is 1.06. The van der Waals surface area contributed by atoms with Gasteiger partial charge in [-0.25, -0.2) is 8.42 Å². The molecule has 3 aromatic carbocycles. The van der Waals surface area contributed by atoms with Crippen molar-refractivity contribution in [3.05, 3.63) is 78.9 Å². The van der Waals surface area contributed by atoms with Gasteiger partial charge in [0.1, 0.15) is 36.1 Å². The molecule has 0 saturated heterocycles. The monoisotopic (exact) mass is 470 g/mol. The van der Waals surface area contributed by atoms with Crippen LogP contribution in [0.15, 0.2) is 78.9 Å². The van der Waals surface area contributed by atoms with E-state index in [0.29, 0.717) is 28.7 Å². The number of methoxy groups -OCH3 is 1. The molecule has 0 heterocycles.